The predicted octanol–water partition coefficient (Wildman–Crippen LogP) is 3.39. The van der Waals surface area contributed by atoms with Crippen LogP contribution < -0.4 is 0 Å². The van der Waals surface area contributed by atoms with E-state index in [1.807, 2.05) is 6.92 Å². The largest absolute Gasteiger partial charge is 0.392 e. The fraction of sp³-hybridized carbons (Fsp3) is 0.867. The molecule has 90 valence electrons. The molecule has 0 spiro atoms. The fourth-order valence-electron chi connectivity index (χ4n) is 5.19. The van der Waals surface area contributed by atoms with E-state index in [0.717, 1.165) is 29.7 Å². The van der Waals surface area contributed by atoms with Gasteiger partial charge in [0.25, 0.3) is 0 Å². The van der Waals surface area contributed by atoms with E-state index in [-0.39, 0.29) is 6.61 Å². The van der Waals surface area contributed by atoms with E-state index in [1.54, 1.807) is 0 Å². The van der Waals surface area contributed by atoms with E-state index < -0.39 is 0 Å². The SMILES string of the molecule is C/C(=C/CC[C@@]1(C)C2CC3C(C2)C31C)CO. The van der Waals surface area contributed by atoms with Gasteiger partial charge >= 0.3 is 0 Å². The topological polar surface area (TPSA) is 20.2 Å². The highest BCUT2D eigenvalue weighted by Gasteiger charge is 2.80. The van der Waals surface area contributed by atoms with Gasteiger partial charge in [-0.25, -0.2) is 0 Å². The van der Waals surface area contributed by atoms with Crippen LogP contribution in [-0.2, 0) is 0 Å². The number of rotatable bonds is 4. The molecule has 0 aliphatic heterocycles. The second-order valence-corrected chi connectivity index (χ2v) is 6.83. The first-order valence-electron chi connectivity index (χ1n) is 6.80. The monoisotopic (exact) mass is 220 g/mol. The zero-order chi connectivity index (χ0) is 11.6. The van der Waals surface area contributed by atoms with Crippen molar-refractivity contribution in [3.63, 3.8) is 0 Å². The number of aliphatic hydroxyl groups excluding tert-OH is 1. The average Bonchev–Trinajstić information content (AvgIpc) is 2.62. The summed E-state index contributed by atoms with van der Waals surface area (Å²) in [7, 11) is 0. The van der Waals surface area contributed by atoms with Crippen LogP contribution in [0.25, 0.3) is 0 Å². The summed E-state index contributed by atoms with van der Waals surface area (Å²) in [6.07, 6.45) is 7.76. The van der Waals surface area contributed by atoms with E-state index in [2.05, 4.69) is 19.9 Å². The quantitative estimate of drug-likeness (QED) is 0.720. The summed E-state index contributed by atoms with van der Waals surface area (Å²) in [5.74, 6) is 3.16. The first-order chi connectivity index (χ1) is 7.54. The zero-order valence-electron chi connectivity index (χ0n) is 10.8. The van der Waals surface area contributed by atoms with Gasteiger partial charge in [0.1, 0.15) is 0 Å². The Labute approximate surface area is 98.9 Å². The van der Waals surface area contributed by atoms with Gasteiger partial charge in [-0.1, -0.05) is 25.5 Å². The molecule has 0 aromatic rings. The maximum absolute atomic E-state index is 8.99. The molecule has 0 radical (unpaired) electrons. The third-order valence-electron chi connectivity index (χ3n) is 6.53. The summed E-state index contributed by atoms with van der Waals surface area (Å²) in [6, 6.07) is 0. The molecule has 0 aromatic heterocycles. The van der Waals surface area contributed by atoms with Gasteiger partial charge in [0, 0.05) is 0 Å². The van der Waals surface area contributed by atoms with Crippen molar-refractivity contribution < 1.29 is 5.11 Å². The van der Waals surface area contributed by atoms with Crippen molar-refractivity contribution in [2.24, 2.45) is 28.6 Å². The van der Waals surface area contributed by atoms with Gasteiger partial charge in [0.2, 0.25) is 0 Å². The summed E-state index contributed by atoms with van der Waals surface area (Å²) in [5.41, 5.74) is 2.43. The van der Waals surface area contributed by atoms with E-state index in [0.29, 0.717) is 10.8 Å². The molecule has 4 aliphatic rings. The molecule has 0 aromatic carbocycles. The van der Waals surface area contributed by atoms with Crippen molar-refractivity contribution >= 4 is 0 Å². The molecular weight excluding hydrogens is 196 g/mol. The molecule has 1 N–H and O–H groups in total. The summed E-state index contributed by atoms with van der Waals surface area (Å²) in [4.78, 5) is 0. The number of allylic oxidation sites excluding steroid dienone is 1. The maximum atomic E-state index is 8.99. The van der Waals surface area contributed by atoms with E-state index in [1.165, 1.54) is 19.3 Å². The second-order valence-electron chi connectivity index (χ2n) is 6.83. The molecule has 4 saturated carbocycles. The van der Waals surface area contributed by atoms with Gasteiger partial charge in [0.15, 0.2) is 0 Å². The lowest BCUT2D eigenvalue weighted by Crippen LogP contribution is -2.26. The molecule has 1 heteroatoms. The number of aliphatic hydroxyl groups is 1. The van der Waals surface area contributed by atoms with Crippen molar-refractivity contribution in [2.45, 2.75) is 46.5 Å². The summed E-state index contributed by atoms with van der Waals surface area (Å²) < 4.78 is 0. The number of hydrogen-bond donors (Lipinski definition) is 1. The van der Waals surface area contributed by atoms with Crippen molar-refractivity contribution in [1.82, 2.24) is 0 Å². The van der Waals surface area contributed by atoms with Gasteiger partial charge in [-0.2, -0.15) is 0 Å². The van der Waals surface area contributed by atoms with Crippen LogP contribution in [0.1, 0.15) is 46.5 Å². The number of hydrogen-bond acceptors (Lipinski definition) is 1. The maximum Gasteiger partial charge on any atom is 0.0639 e. The van der Waals surface area contributed by atoms with Gasteiger partial charge < -0.3 is 5.11 Å². The minimum absolute atomic E-state index is 0.225. The molecular formula is C15H24O. The highest BCUT2D eigenvalue weighted by Crippen LogP contribution is 2.87. The first-order valence-corrected chi connectivity index (χ1v) is 6.80. The molecule has 16 heavy (non-hydrogen) atoms. The first kappa shape index (κ1) is 10.8. The van der Waals surface area contributed by atoms with Crippen LogP contribution in [0.3, 0.4) is 0 Å². The van der Waals surface area contributed by atoms with Crippen LogP contribution in [0.2, 0.25) is 0 Å². The lowest BCUT2D eigenvalue weighted by molar-refractivity contribution is 0.154. The Hall–Kier alpha value is -0.300. The van der Waals surface area contributed by atoms with Crippen LogP contribution in [0.5, 0.6) is 0 Å². The predicted molar refractivity (Wildman–Crippen MR) is 66.0 cm³/mol. The molecule has 2 unspecified atom stereocenters. The van der Waals surface area contributed by atoms with Gasteiger partial charge in [-0.05, 0) is 61.2 Å². The summed E-state index contributed by atoms with van der Waals surface area (Å²) in [6.45, 7) is 7.33. The minimum Gasteiger partial charge on any atom is -0.392 e. The Morgan fingerprint density at radius 2 is 1.94 bits per heavy atom. The fourth-order valence-corrected chi connectivity index (χ4v) is 5.19. The Kier molecular flexibility index (Phi) is 2.12. The van der Waals surface area contributed by atoms with Gasteiger partial charge in [-0.3, -0.25) is 0 Å². The van der Waals surface area contributed by atoms with E-state index in [4.69, 9.17) is 5.11 Å². The summed E-state index contributed by atoms with van der Waals surface area (Å²) in [5, 5.41) is 8.99. The molecule has 0 heterocycles. The van der Waals surface area contributed by atoms with Crippen molar-refractivity contribution in [3.8, 4) is 0 Å². The molecule has 0 amide bonds. The minimum atomic E-state index is 0.225. The summed E-state index contributed by atoms with van der Waals surface area (Å²) >= 11 is 0. The Morgan fingerprint density at radius 3 is 2.38 bits per heavy atom. The highest BCUT2D eigenvalue weighted by molar-refractivity contribution is 5.29. The average molecular weight is 220 g/mol. The molecule has 4 aliphatic carbocycles. The molecule has 3 atom stereocenters. The second kappa shape index (κ2) is 3.13. The van der Waals surface area contributed by atoms with Gasteiger partial charge in [-0.15, -0.1) is 0 Å². The van der Waals surface area contributed by atoms with Crippen LogP contribution in [0, 0.1) is 28.6 Å². The molecule has 1 nitrogen and oxygen atoms in total. The van der Waals surface area contributed by atoms with Crippen LogP contribution >= 0.6 is 0 Å². The smallest absolute Gasteiger partial charge is 0.0639 e. The third-order valence-corrected chi connectivity index (χ3v) is 6.53. The van der Waals surface area contributed by atoms with Crippen LogP contribution in [0.15, 0.2) is 11.6 Å². The molecule has 0 saturated heterocycles. The molecule has 4 fully saturated rings. The lowest BCUT2D eigenvalue weighted by atomic mass is 9.71. The molecule has 4 bridgehead atoms. The van der Waals surface area contributed by atoms with Crippen LogP contribution in [-0.4, -0.2) is 11.7 Å². The highest BCUT2D eigenvalue weighted by atomic mass is 16.3. The Morgan fingerprint density at radius 1 is 1.31 bits per heavy atom. The third kappa shape index (κ3) is 1.06. The van der Waals surface area contributed by atoms with Crippen molar-refractivity contribution in [3.05, 3.63) is 11.6 Å². The zero-order valence-corrected chi connectivity index (χ0v) is 10.8. The Balaban J connectivity index is 1.68. The van der Waals surface area contributed by atoms with Crippen molar-refractivity contribution in [1.29, 1.82) is 0 Å². The lowest BCUT2D eigenvalue weighted by Gasteiger charge is -2.34. The van der Waals surface area contributed by atoms with Gasteiger partial charge in [0.05, 0.1) is 6.61 Å². The standard InChI is InChI=1S/C15H24O/c1-10(9-16)5-4-6-14(2)11-7-12-13(8-11)15(12,14)3/h5,11-13,16H,4,6-9H2,1-3H3/b10-5-/t11?,12?,13?,14-,15?/m0/s1. The van der Waals surface area contributed by atoms with Crippen LogP contribution in [0.4, 0.5) is 0 Å². The Bertz CT molecular complexity index is 331. The van der Waals surface area contributed by atoms with Crippen molar-refractivity contribution in [2.75, 3.05) is 6.61 Å². The normalized spacial score (nSPS) is 53.5. The van der Waals surface area contributed by atoms with E-state index >= 15 is 0 Å². The van der Waals surface area contributed by atoms with E-state index in [9.17, 15) is 0 Å². The molecule has 4 rings (SSSR count).